The third kappa shape index (κ3) is 4.02. The predicted octanol–water partition coefficient (Wildman–Crippen LogP) is 7.77. The van der Waals surface area contributed by atoms with Crippen molar-refractivity contribution in [3.63, 3.8) is 0 Å². The number of hydrogen-bond acceptors (Lipinski definition) is 1. The molecule has 1 atom stereocenters. The Morgan fingerprint density at radius 1 is 0.846 bits per heavy atom. The highest BCUT2D eigenvalue weighted by Gasteiger charge is 2.27. The van der Waals surface area contributed by atoms with Crippen molar-refractivity contribution < 1.29 is 4.79 Å². The van der Waals surface area contributed by atoms with Crippen LogP contribution in [0, 0.1) is 5.92 Å². The first-order chi connectivity index (χ1) is 12.4. The van der Waals surface area contributed by atoms with Crippen molar-refractivity contribution in [2.24, 2.45) is 5.92 Å². The molecule has 0 aromatic heterocycles. The SMILES string of the molecule is C[C@H]1CC/C(=C\c2c(Cl)cccc2Cl)C(=O)/C1=C/c1c(Cl)cccc1Cl. The van der Waals surface area contributed by atoms with E-state index in [-0.39, 0.29) is 11.7 Å². The van der Waals surface area contributed by atoms with Crippen molar-refractivity contribution in [2.45, 2.75) is 19.8 Å². The first-order valence-corrected chi connectivity index (χ1v) is 9.74. The monoisotopic (exact) mass is 424 g/mol. The van der Waals surface area contributed by atoms with Crippen molar-refractivity contribution in [1.82, 2.24) is 0 Å². The van der Waals surface area contributed by atoms with Crippen molar-refractivity contribution in [3.05, 3.63) is 78.8 Å². The molecule has 0 spiro atoms. The number of carbonyl (C=O) groups excluding carboxylic acids is 1. The van der Waals surface area contributed by atoms with Gasteiger partial charge in [0.2, 0.25) is 0 Å². The number of benzene rings is 2. The van der Waals surface area contributed by atoms with Gasteiger partial charge in [-0.2, -0.15) is 0 Å². The van der Waals surface area contributed by atoms with Crippen LogP contribution in [0.3, 0.4) is 0 Å². The summed E-state index contributed by atoms with van der Waals surface area (Å²) in [6, 6.07) is 10.6. The Hall–Kier alpha value is -1.25. The summed E-state index contributed by atoms with van der Waals surface area (Å²) < 4.78 is 0. The van der Waals surface area contributed by atoms with Gasteiger partial charge in [0, 0.05) is 42.4 Å². The Morgan fingerprint density at radius 3 is 1.81 bits per heavy atom. The van der Waals surface area contributed by atoms with Crippen LogP contribution in [0.1, 0.15) is 30.9 Å². The molecule has 0 unspecified atom stereocenters. The molecule has 2 aromatic carbocycles. The van der Waals surface area contributed by atoms with Gasteiger partial charge in [-0.05, 0) is 55.2 Å². The van der Waals surface area contributed by atoms with Crippen LogP contribution in [0.2, 0.25) is 20.1 Å². The maximum atomic E-state index is 13.1. The van der Waals surface area contributed by atoms with Crippen LogP contribution >= 0.6 is 46.4 Å². The van der Waals surface area contributed by atoms with E-state index in [1.165, 1.54) is 0 Å². The lowest BCUT2D eigenvalue weighted by Crippen LogP contribution is -2.19. The van der Waals surface area contributed by atoms with E-state index in [1.54, 1.807) is 48.6 Å². The molecule has 0 aliphatic heterocycles. The lowest BCUT2D eigenvalue weighted by Gasteiger charge is -2.23. The van der Waals surface area contributed by atoms with Crippen molar-refractivity contribution in [1.29, 1.82) is 0 Å². The van der Waals surface area contributed by atoms with Gasteiger partial charge in [0.05, 0.1) is 0 Å². The Morgan fingerprint density at radius 2 is 1.31 bits per heavy atom. The molecule has 3 rings (SSSR count). The van der Waals surface area contributed by atoms with Gasteiger partial charge in [0.15, 0.2) is 5.78 Å². The first kappa shape index (κ1) is 19.5. The zero-order chi connectivity index (χ0) is 18.8. The number of allylic oxidation sites excluding steroid dienone is 2. The van der Waals surface area contributed by atoms with E-state index < -0.39 is 0 Å². The zero-order valence-electron chi connectivity index (χ0n) is 14.0. The first-order valence-electron chi connectivity index (χ1n) is 8.23. The van der Waals surface area contributed by atoms with E-state index in [0.717, 1.165) is 6.42 Å². The minimum atomic E-state index is -0.0178. The van der Waals surface area contributed by atoms with E-state index >= 15 is 0 Å². The van der Waals surface area contributed by atoms with Gasteiger partial charge in [-0.15, -0.1) is 0 Å². The number of ketones is 1. The molecule has 2 aromatic rings. The number of hydrogen-bond donors (Lipinski definition) is 0. The number of rotatable bonds is 2. The summed E-state index contributed by atoms with van der Waals surface area (Å²) >= 11 is 25.0. The molecule has 1 nitrogen and oxygen atoms in total. The van der Waals surface area contributed by atoms with Crippen LogP contribution in [-0.4, -0.2) is 5.78 Å². The van der Waals surface area contributed by atoms with Crippen LogP contribution in [0.4, 0.5) is 0 Å². The van der Waals surface area contributed by atoms with Crippen LogP contribution in [-0.2, 0) is 4.79 Å². The van der Waals surface area contributed by atoms with Gasteiger partial charge < -0.3 is 0 Å². The Kier molecular flexibility index (Phi) is 6.14. The lowest BCUT2D eigenvalue weighted by molar-refractivity contribution is -0.113. The Bertz CT molecular complexity index is 887. The highest BCUT2D eigenvalue weighted by molar-refractivity contribution is 6.38. The standard InChI is InChI=1S/C21H16Cl4O/c1-12-8-9-13(10-15-17(22)4-2-5-18(15)23)21(26)14(12)11-16-19(24)6-3-7-20(16)25/h2-7,10-12H,8-9H2,1H3/b13-10+,14-11+/t12-/m0/s1. The minimum absolute atomic E-state index is 0.0178. The van der Waals surface area contributed by atoms with E-state index in [2.05, 4.69) is 0 Å². The van der Waals surface area contributed by atoms with E-state index in [9.17, 15) is 4.79 Å². The van der Waals surface area contributed by atoms with Crippen molar-refractivity contribution in [3.8, 4) is 0 Å². The van der Waals surface area contributed by atoms with Gasteiger partial charge in [-0.1, -0.05) is 65.5 Å². The van der Waals surface area contributed by atoms with E-state index in [0.29, 0.717) is 48.8 Å². The Labute approximate surface area is 173 Å². The summed E-state index contributed by atoms with van der Waals surface area (Å²) in [5.74, 6) is 0.101. The smallest absolute Gasteiger partial charge is 0.185 e. The average molecular weight is 426 g/mol. The second-order valence-corrected chi connectivity index (χ2v) is 7.94. The topological polar surface area (TPSA) is 17.1 Å². The highest BCUT2D eigenvalue weighted by atomic mass is 35.5. The molecule has 0 saturated heterocycles. The molecule has 134 valence electrons. The second kappa shape index (κ2) is 8.19. The molecular formula is C21H16Cl4O. The highest BCUT2D eigenvalue weighted by Crippen LogP contribution is 2.36. The molecule has 0 amide bonds. The van der Waals surface area contributed by atoms with Gasteiger partial charge >= 0.3 is 0 Å². The maximum absolute atomic E-state index is 13.1. The third-order valence-corrected chi connectivity index (χ3v) is 5.87. The van der Waals surface area contributed by atoms with Crippen molar-refractivity contribution >= 4 is 64.3 Å². The molecule has 0 bridgehead atoms. The van der Waals surface area contributed by atoms with Gasteiger partial charge in [-0.3, -0.25) is 4.79 Å². The average Bonchev–Trinajstić information content (AvgIpc) is 2.59. The van der Waals surface area contributed by atoms with Gasteiger partial charge in [-0.25, -0.2) is 0 Å². The molecule has 5 heteroatoms. The third-order valence-electron chi connectivity index (χ3n) is 4.55. The quantitative estimate of drug-likeness (QED) is 0.449. The lowest BCUT2D eigenvalue weighted by atomic mass is 9.80. The molecule has 1 aliphatic rings. The van der Waals surface area contributed by atoms with Crippen LogP contribution in [0.5, 0.6) is 0 Å². The molecule has 1 fully saturated rings. The summed E-state index contributed by atoms with van der Waals surface area (Å²) in [6.07, 6.45) is 5.13. The van der Waals surface area contributed by atoms with Crippen LogP contribution in [0.15, 0.2) is 47.5 Å². The molecule has 0 radical (unpaired) electrons. The minimum Gasteiger partial charge on any atom is -0.289 e. The number of Topliss-reactive ketones (excluding diaryl/α,β-unsaturated/α-hetero) is 1. The largest absolute Gasteiger partial charge is 0.289 e. The van der Waals surface area contributed by atoms with Crippen LogP contribution < -0.4 is 0 Å². The fourth-order valence-corrected chi connectivity index (χ4v) is 4.04. The zero-order valence-corrected chi connectivity index (χ0v) is 17.1. The predicted molar refractivity (Wildman–Crippen MR) is 112 cm³/mol. The molecule has 0 N–H and O–H groups in total. The Balaban J connectivity index is 2.04. The normalized spacial score (nSPS) is 20.8. The van der Waals surface area contributed by atoms with Crippen LogP contribution in [0.25, 0.3) is 12.2 Å². The summed E-state index contributed by atoms with van der Waals surface area (Å²) in [5, 5.41) is 2.10. The fraction of sp³-hybridized carbons (Fsp3) is 0.190. The summed E-state index contributed by atoms with van der Waals surface area (Å²) in [4.78, 5) is 13.1. The second-order valence-electron chi connectivity index (χ2n) is 6.31. The maximum Gasteiger partial charge on any atom is 0.185 e. The molecule has 26 heavy (non-hydrogen) atoms. The summed E-state index contributed by atoms with van der Waals surface area (Å²) in [7, 11) is 0. The summed E-state index contributed by atoms with van der Waals surface area (Å²) in [6.45, 7) is 2.04. The van der Waals surface area contributed by atoms with Crippen molar-refractivity contribution in [2.75, 3.05) is 0 Å². The number of carbonyl (C=O) groups is 1. The number of halogens is 4. The van der Waals surface area contributed by atoms with Gasteiger partial charge in [0.25, 0.3) is 0 Å². The molecular weight excluding hydrogens is 410 g/mol. The molecule has 0 heterocycles. The van der Waals surface area contributed by atoms with E-state index in [4.69, 9.17) is 46.4 Å². The van der Waals surface area contributed by atoms with Gasteiger partial charge in [0.1, 0.15) is 0 Å². The molecule has 1 saturated carbocycles. The van der Waals surface area contributed by atoms with E-state index in [1.807, 2.05) is 6.92 Å². The summed E-state index contributed by atoms with van der Waals surface area (Å²) in [5.41, 5.74) is 2.72. The molecule has 1 aliphatic carbocycles. The fourth-order valence-electron chi connectivity index (χ4n) is 3.02.